The Balaban J connectivity index is 1.34. The molecule has 0 spiro atoms. The van der Waals surface area contributed by atoms with Crippen molar-refractivity contribution in [2.75, 3.05) is 0 Å². The highest BCUT2D eigenvalue weighted by molar-refractivity contribution is 5.34. The van der Waals surface area contributed by atoms with Gasteiger partial charge in [-0.2, -0.15) is 0 Å². The van der Waals surface area contributed by atoms with Gasteiger partial charge in [-0.1, -0.05) is 37.3 Å². The van der Waals surface area contributed by atoms with Crippen molar-refractivity contribution in [3.63, 3.8) is 0 Å². The van der Waals surface area contributed by atoms with Crippen molar-refractivity contribution in [1.82, 2.24) is 5.32 Å². The number of benzene rings is 1. The molecule has 1 aromatic carbocycles. The number of hydrogen-bond acceptors (Lipinski definition) is 1. The molecule has 6 aliphatic carbocycles. The zero-order chi connectivity index (χ0) is 13.1. The minimum atomic E-state index is 0.659. The van der Waals surface area contributed by atoms with Crippen LogP contribution < -0.4 is 5.32 Å². The Morgan fingerprint density at radius 2 is 1.90 bits per heavy atom. The second kappa shape index (κ2) is 3.16. The van der Waals surface area contributed by atoms with Gasteiger partial charge < -0.3 is 5.32 Å². The van der Waals surface area contributed by atoms with Crippen LogP contribution in [0.25, 0.3) is 0 Å². The lowest BCUT2D eigenvalue weighted by atomic mass is 9.64. The molecule has 0 heterocycles. The molecule has 6 fully saturated rings. The highest BCUT2D eigenvalue weighted by atomic mass is 15.0. The van der Waals surface area contributed by atoms with E-state index >= 15 is 0 Å². The van der Waals surface area contributed by atoms with E-state index in [0.717, 1.165) is 54.0 Å². The number of hydrogen-bond donors (Lipinski definition) is 1. The van der Waals surface area contributed by atoms with E-state index in [-0.39, 0.29) is 0 Å². The van der Waals surface area contributed by atoms with Gasteiger partial charge in [0, 0.05) is 12.6 Å². The van der Waals surface area contributed by atoms with Crippen LogP contribution in [-0.2, 0) is 6.54 Å². The van der Waals surface area contributed by atoms with Crippen LogP contribution >= 0.6 is 0 Å². The minimum Gasteiger partial charge on any atom is -0.309 e. The maximum absolute atomic E-state index is 4.02. The van der Waals surface area contributed by atoms with E-state index in [2.05, 4.69) is 42.6 Å². The first-order valence-corrected chi connectivity index (χ1v) is 8.57. The van der Waals surface area contributed by atoms with Crippen molar-refractivity contribution in [3.05, 3.63) is 35.9 Å². The largest absolute Gasteiger partial charge is 0.309 e. The highest BCUT2D eigenvalue weighted by Crippen LogP contribution is 2.86. The van der Waals surface area contributed by atoms with Crippen LogP contribution in [0, 0.1) is 46.8 Å². The predicted octanol–water partition coefficient (Wildman–Crippen LogP) is 3.31. The topological polar surface area (TPSA) is 12.0 Å². The fourth-order valence-corrected chi connectivity index (χ4v) is 8.31. The maximum Gasteiger partial charge on any atom is 0.0208 e. The molecule has 1 N–H and O–H groups in total. The summed E-state index contributed by atoms with van der Waals surface area (Å²) in [5.74, 6) is 7.74. The monoisotopic (exact) mass is 265 g/mol. The first-order valence-electron chi connectivity index (χ1n) is 8.57. The van der Waals surface area contributed by atoms with Gasteiger partial charge in [-0.05, 0) is 65.2 Å². The molecule has 1 heteroatoms. The van der Waals surface area contributed by atoms with E-state index in [4.69, 9.17) is 0 Å². The van der Waals surface area contributed by atoms with Crippen LogP contribution in [0.2, 0.25) is 0 Å². The molecule has 104 valence electrons. The van der Waals surface area contributed by atoms with Crippen molar-refractivity contribution in [2.45, 2.75) is 32.4 Å². The normalized spacial score (nSPS) is 59.5. The lowest BCUT2D eigenvalue weighted by Crippen LogP contribution is -2.42. The number of rotatable bonds is 3. The second-order valence-electron chi connectivity index (χ2n) is 8.46. The lowest BCUT2D eigenvalue weighted by molar-refractivity contribution is 0.0652. The molecular weight excluding hydrogens is 242 g/mol. The van der Waals surface area contributed by atoms with Crippen LogP contribution in [0.4, 0.5) is 0 Å². The quantitative estimate of drug-likeness (QED) is 0.884. The summed E-state index contributed by atoms with van der Waals surface area (Å²) in [6.45, 7) is 3.73. The summed E-state index contributed by atoms with van der Waals surface area (Å²) in [7, 11) is 0. The Bertz CT molecular complexity index is 581. The highest BCUT2D eigenvalue weighted by Gasteiger charge is 2.84. The average Bonchev–Trinajstić information content (AvgIpc) is 3.16. The van der Waals surface area contributed by atoms with Crippen molar-refractivity contribution in [3.8, 4) is 0 Å². The molecule has 0 aliphatic heterocycles. The molecule has 6 aliphatic rings. The summed E-state index contributed by atoms with van der Waals surface area (Å²) >= 11 is 0. The maximum atomic E-state index is 4.02. The zero-order valence-corrected chi connectivity index (χ0v) is 12.1. The zero-order valence-electron chi connectivity index (χ0n) is 12.1. The van der Waals surface area contributed by atoms with Gasteiger partial charge >= 0.3 is 0 Å². The molecule has 9 atom stereocenters. The van der Waals surface area contributed by atoms with Crippen LogP contribution in [0.5, 0.6) is 0 Å². The summed E-state index contributed by atoms with van der Waals surface area (Å²) in [6.07, 6.45) is 3.19. The molecule has 7 rings (SSSR count). The molecule has 5 unspecified atom stereocenters. The van der Waals surface area contributed by atoms with Gasteiger partial charge in [0.25, 0.3) is 0 Å². The minimum absolute atomic E-state index is 0.659. The molecule has 20 heavy (non-hydrogen) atoms. The lowest BCUT2D eigenvalue weighted by Gasteiger charge is -2.40. The SMILES string of the molecule is CC12C3CC4C5C[C@H]([C@H](C53)[C@@H]1NCc1ccccc1)[C@@H]42. The Morgan fingerprint density at radius 1 is 1.05 bits per heavy atom. The van der Waals surface area contributed by atoms with E-state index in [1.165, 1.54) is 5.56 Å². The van der Waals surface area contributed by atoms with Crippen LogP contribution in [0.3, 0.4) is 0 Å². The van der Waals surface area contributed by atoms with E-state index in [1.54, 1.807) is 12.8 Å². The van der Waals surface area contributed by atoms with Gasteiger partial charge in [0.15, 0.2) is 0 Å². The third kappa shape index (κ3) is 0.913. The first kappa shape index (κ1) is 10.8. The molecule has 0 aromatic heterocycles. The molecule has 1 aromatic rings. The second-order valence-corrected chi connectivity index (χ2v) is 8.46. The molecule has 0 radical (unpaired) electrons. The summed E-state index contributed by atoms with van der Waals surface area (Å²) < 4.78 is 0. The third-order valence-electron chi connectivity index (χ3n) is 8.38. The molecule has 0 saturated heterocycles. The van der Waals surface area contributed by atoms with E-state index < -0.39 is 0 Å². The van der Waals surface area contributed by atoms with Gasteiger partial charge in [-0.25, -0.2) is 0 Å². The Hall–Kier alpha value is -0.820. The Morgan fingerprint density at radius 3 is 2.70 bits per heavy atom. The van der Waals surface area contributed by atoms with Gasteiger partial charge in [0.05, 0.1) is 0 Å². The summed E-state index contributed by atoms with van der Waals surface area (Å²) in [6, 6.07) is 11.8. The van der Waals surface area contributed by atoms with Gasteiger partial charge in [-0.3, -0.25) is 0 Å². The van der Waals surface area contributed by atoms with Gasteiger partial charge in [-0.15, -0.1) is 0 Å². The van der Waals surface area contributed by atoms with Crippen molar-refractivity contribution < 1.29 is 0 Å². The van der Waals surface area contributed by atoms with Crippen LogP contribution in [-0.4, -0.2) is 6.04 Å². The average molecular weight is 265 g/mol. The predicted molar refractivity (Wildman–Crippen MR) is 78.8 cm³/mol. The van der Waals surface area contributed by atoms with Crippen molar-refractivity contribution in [1.29, 1.82) is 0 Å². The summed E-state index contributed by atoms with van der Waals surface area (Å²) in [5.41, 5.74) is 2.11. The third-order valence-corrected chi connectivity index (χ3v) is 8.38. The fourth-order valence-electron chi connectivity index (χ4n) is 8.31. The molecule has 1 nitrogen and oxygen atoms in total. The summed E-state index contributed by atoms with van der Waals surface area (Å²) in [4.78, 5) is 0. The Labute approximate surface area is 121 Å². The standard InChI is InChI=1S/C19H23N/c1-19-14-8-12-11-7-13(17(12)19)16(15(11)14)18(19)20-9-10-5-3-2-4-6-10/h2-6,11-18,20H,7-9H2,1H3/t11?,12?,13-,14?,15?,16-,17-,18+,19?/m1/s1. The Kier molecular flexibility index (Phi) is 1.72. The van der Waals surface area contributed by atoms with E-state index in [9.17, 15) is 0 Å². The van der Waals surface area contributed by atoms with E-state index in [1.807, 2.05) is 0 Å². The van der Waals surface area contributed by atoms with E-state index in [0.29, 0.717) is 5.41 Å². The first-order chi connectivity index (χ1) is 9.80. The van der Waals surface area contributed by atoms with Crippen LogP contribution in [0.1, 0.15) is 25.3 Å². The molecule has 6 saturated carbocycles. The molecular formula is C19H23N. The fraction of sp³-hybridized carbons (Fsp3) is 0.684. The van der Waals surface area contributed by atoms with Gasteiger partial charge in [0.1, 0.15) is 0 Å². The molecule has 0 amide bonds. The number of nitrogens with one attached hydrogen (secondary N) is 1. The van der Waals surface area contributed by atoms with Crippen molar-refractivity contribution in [2.24, 2.45) is 46.8 Å². The van der Waals surface area contributed by atoms with Crippen molar-refractivity contribution >= 4 is 0 Å². The molecule has 6 bridgehead atoms. The summed E-state index contributed by atoms with van der Waals surface area (Å²) in [5, 5.41) is 4.02. The van der Waals surface area contributed by atoms with Crippen LogP contribution in [0.15, 0.2) is 30.3 Å². The smallest absolute Gasteiger partial charge is 0.0208 e. The van der Waals surface area contributed by atoms with Gasteiger partial charge in [0.2, 0.25) is 0 Å².